The molecule has 0 heterocycles. The Bertz CT molecular complexity index is 291. The molecule has 1 aromatic rings. The molecule has 0 amide bonds. The molecule has 0 aromatic heterocycles. The van der Waals surface area contributed by atoms with E-state index in [0.717, 1.165) is 4.47 Å². The van der Waals surface area contributed by atoms with Gasteiger partial charge in [-0.15, -0.1) is 0 Å². The Morgan fingerprint density at radius 3 is 2.92 bits per heavy atom. The minimum Gasteiger partial charge on any atom is -0.392 e. The van der Waals surface area contributed by atoms with Crippen molar-refractivity contribution >= 4 is 21.6 Å². The van der Waals surface area contributed by atoms with Crippen LogP contribution in [-0.2, 0) is 0 Å². The largest absolute Gasteiger partial charge is 0.392 e. The molecule has 1 aromatic carbocycles. The van der Waals surface area contributed by atoms with Crippen LogP contribution in [0.1, 0.15) is 6.92 Å². The Balaban J connectivity index is 2.70. The second kappa shape index (κ2) is 4.58. The molecule has 0 radical (unpaired) electrons. The van der Waals surface area contributed by atoms with Gasteiger partial charge in [0.05, 0.1) is 11.8 Å². The fraction of sp³-hybridized carbons (Fsp3) is 0.333. The summed E-state index contributed by atoms with van der Waals surface area (Å²) >= 11 is 3.23. The summed E-state index contributed by atoms with van der Waals surface area (Å²) in [5.41, 5.74) is 0.398. The van der Waals surface area contributed by atoms with E-state index < -0.39 is 6.10 Å². The van der Waals surface area contributed by atoms with E-state index in [4.69, 9.17) is 5.11 Å². The molecule has 2 nitrogen and oxygen atoms in total. The average Bonchev–Trinajstić information content (AvgIpc) is 2.06. The standard InChI is InChI=1S/C9H11BrFNO/c1-6(13)5-12-9-4-7(10)2-3-8(9)11/h2-4,6,12-13H,5H2,1H3/t6-/m0/s1. The Kier molecular flexibility index (Phi) is 3.69. The van der Waals surface area contributed by atoms with E-state index in [1.54, 1.807) is 19.1 Å². The normalized spacial score (nSPS) is 12.6. The van der Waals surface area contributed by atoms with E-state index in [9.17, 15) is 4.39 Å². The van der Waals surface area contributed by atoms with Gasteiger partial charge < -0.3 is 10.4 Å². The summed E-state index contributed by atoms with van der Waals surface area (Å²) in [5, 5.41) is 11.8. The molecule has 0 aliphatic carbocycles. The highest BCUT2D eigenvalue weighted by Crippen LogP contribution is 2.19. The van der Waals surface area contributed by atoms with Crippen molar-refractivity contribution in [1.29, 1.82) is 0 Å². The summed E-state index contributed by atoms with van der Waals surface area (Å²) in [6.45, 7) is 1.98. The summed E-state index contributed by atoms with van der Waals surface area (Å²) < 4.78 is 13.9. The molecular formula is C9H11BrFNO. The van der Waals surface area contributed by atoms with Crippen molar-refractivity contribution < 1.29 is 9.50 Å². The molecule has 4 heteroatoms. The van der Waals surface area contributed by atoms with Crippen LogP contribution in [0.25, 0.3) is 0 Å². The highest BCUT2D eigenvalue weighted by molar-refractivity contribution is 9.10. The number of hydrogen-bond donors (Lipinski definition) is 2. The van der Waals surface area contributed by atoms with Gasteiger partial charge in [0, 0.05) is 11.0 Å². The molecule has 0 saturated carbocycles. The van der Waals surface area contributed by atoms with Crippen molar-refractivity contribution in [1.82, 2.24) is 0 Å². The maximum atomic E-state index is 13.1. The predicted octanol–water partition coefficient (Wildman–Crippen LogP) is 2.38. The number of hydrogen-bond acceptors (Lipinski definition) is 2. The lowest BCUT2D eigenvalue weighted by molar-refractivity contribution is 0.208. The summed E-state index contributed by atoms with van der Waals surface area (Å²) in [4.78, 5) is 0. The molecule has 72 valence electrons. The van der Waals surface area contributed by atoms with Crippen LogP contribution in [-0.4, -0.2) is 17.8 Å². The molecule has 13 heavy (non-hydrogen) atoms. The summed E-state index contributed by atoms with van der Waals surface area (Å²) in [6.07, 6.45) is -0.488. The van der Waals surface area contributed by atoms with Crippen LogP contribution in [0.5, 0.6) is 0 Å². The van der Waals surface area contributed by atoms with Crippen molar-refractivity contribution in [2.45, 2.75) is 13.0 Å². The molecule has 0 spiro atoms. The Hall–Kier alpha value is -0.610. The zero-order chi connectivity index (χ0) is 9.84. The van der Waals surface area contributed by atoms with E-state index in [0.29, 0.717) is 12.2 Å². The summed E-state index contributed by atoms with van der Waals surface area (Å²) in [6, 6.07) is 4.63. The van der Waals surface area contributed by atoms with E-state index in [1.165, 1.54) is 6.07 Å². The highest BCUT2D eigenvalue weighted by atomic mass is 79.9. The van der Waals surface area contributed by atoms with Crippen LogP contribution in [0.4, 0.5) is 10.1 Å². The number of aliphatic hydroxyl groups excluding tert-OH is 1. The van der Waals surface area contributed by atoms with E-state index in [-0.39, 0.29) is 5.82 Å². The third-order valence-electron chi connectivity index (χ3n) is 1.52. The van der Waals surface area contributed by atoms with Gasteiger partial charge in [-0.05, 0) is 25.1 Å². The molecule has 0 fully saturated rings. The molecule has 0 unspecified atom stereocenters. The molecule has 0 bridgehead atoms. The molecule has 2 N–H and O–H groups in total. The number of aliphatic hydroxyl groups is 1. The van der Waals surface area contributed by atoms with E-state index >= 15 is 0 Å². The number of rotatable bonds is 3. The van der Waals surface area contributed by atoms with Gasteiger partial charge in [-0.25, -0.2) is 4.39 Å². The third kappa shape index (κ3) is 3.32. The number of halogens is 2. The van der Waals surface area contributed by atoms with Gasteiger partial charge in [-0.2, -0.15) is 0 Å². The molecule has 0 saturated heterocycles. The van der Waals surface area contributed by atoms with Crippen LogP contribution < -0.4 is 5.32 Å². The topological polar surface area (TPSA) is 32.3 Å². The molecular weight excluding hydrogens is 237 g/mol. The first-order valence-electron chi connectivity index (χ1n) is 3.96. The Labute approximate surface area is 84.9 Å². The lowest BCUT2D eigenvalue weighted by Gasteiger charge is -2.09. The quantitative estimate of drug-likeness (QED) is 0.860. The SMILES string of the molecule is C[C@H](O)CNc1cc(Br)ccc1F. The van der Waals surface area contributed by atoms with Gasteiger partial charge >= 0.3 is 0 Å². The molecule has 0 aliphatic rings. The van der Waals surface area contributed by atoms with Crippen molar-refractivity contribution in [3.63, 3.8) is 0 Å². The maximum Gasteiger partial charge on any atom is 0.146 e. The van der Waals surface area contributed by atoms with Crippen molar-refractivity contribution in [3.8, 4) is 0 Å². The van der Waals surface area contributed by atoms with Crippen LogP contribution in [0.2, 0.25) is 0 Å². The van der Waals surface area contributed by atoms with E-state index in [1.807, 2.05) is 0 Å². The molecule has 1 rings (SSSR count). The van der Waals surface area contributed by atoms with Gasteiger partial charge in [-0.1, -0.05) is 15.9 Å². The van der Waals surface area contributed by atoms with Gasteiger partial charge in [0.25, 0.3) is 0 Å². The van der Waals surface area contributed by atoms with Gasteiger partial charge in [0.15, 0.2) is 0 Å². The smallest absolute Gasteiger partial charge is 0.146 e. The van der Waals surface area contributed by atoms with Gasteiger partial charge in [-0.3, -0.25) is 0 Å². The second-order valence-electron chi connectivity index (χ2n) is 2.85. The van der Waals surface area contributed by atoms with Crippen LogP contribution in [0.15, 0.2) is 22.7 Å². The highest BCUT2D eigenvalue weighted by Gasteiger charge is 2.02. The average molecular weight is 248 g/mol. The minimum atomic E-state index is -0.488. The van der Waals surface area contributed by atoms with Gasteiger partial charge in [0.2, 0.25) is 0 Å². The third-order valence-corrected chi connectivity index (χ3v) is 2.01. The van der Waals surface area contributed by atoms with Crippen LogP contribution in [0.3, 0.4) is 0 Å². The monoisotopic (exact) mass is 247 g/mol. The fourth-order valence-corrected chi connectivity index (χ4v) is 1.25. The first-order chi connectivity index (χ1) is 6.09. The second-order valence-corrected chi connectivity index (χ2v) is 3.77. The lowest BCUT2D eigenvalue weighted by Crippen LogP contribution is -2.15. The molecule has 0 aliphatic heterocycles. The summed E-state index contributed by atoms with van der Waals surface area (Å²) in [5.74, 6) is -0.316. The first-order valence-corrected chi connectivity index (χ1v) is 4.76. The van der Waals surface area contributed by atoms with Crippen LogP contribution in [0, 0.1) is 5.82 Å². The van der Waals surface area contributed by atoms with Crippen molar-refractivity contribution in [3.05, 3.63) is 28.5 Å². The molecule has 1 atom stereocenters. The summed E-state index contributed by atoms with van der Waals surface area (Å²) in [7, 11) is 0. The Morgan fingerprint density at radius 2 is 2.31 bits per heavy atom. The number of nitrogens with one attached hydrogen (secondary N) is 1. The number of anilines is 1. The van der Waals surface area contributed by atoms with Crippen LogP contribution >= 0.6 is 15.9 Å². The predicted molar refractivity (Wildman–Crippen MR) is 54.3 cm³/mol. The Morgan fingerprint density at radius 1 is 1.62 bits per heavy atom. The minimum absolute atomic E-state index is 0.316. The number of benzene rings is 1. The maximum absolute atomic E-state index is 13.1. The van der Waals surface area contributed by atoms with Gasteiger partial charge in [0.1, 0.15) is 5.82 Å². The zero-order valence-corrected chi connectivity index (χ0v) is 8.81. The van der Waals surface area contributed by atoms with Crippen molar-refractivity contribution in [2.75, 3.05) is 11.9 Å². The fourth-order valence-electron chi connectivity index (χ4n) is 0.891. The van der Waals surface area contributed by atoms with Crippen molar-refractivity contribution in [2.24, 2.45) is 0 Å². The lowest BCUT2D eigenvalue weighted by atomic mass is 10.3. The first kappa shape index (κ1) is 10.5. The zero-order valence-electron chi connectivity index (χ0n) is 7.22. The van der Waals surface area contributed by atoms with E-state index in [2.05, 4.69) is 21.2 Å².